The number of nitrogens with zero attached hydrogens (tertiary/aromatic N) is 2. The Morgan fingerprint density at radius 1 is 1.53 bits per heavy atom. The molecule has 0 spiro atoms. The fourth-order valence-corrected chi connectivity index (χ4v) is 2.36. The van der Waals surface area contributed by atoms with Crippen molar-refractivity contribution in [3.05, 3.63) is 30.1 Å². The smallest absolute Gasteiger partial charge is 0.0599 e. The maximum atomic E-state index is 9.48. The Morgan fingerprint density at radius 3 is 3.12 bits per heavy atom. The van der Waals surface area contributed by atoms with Gasteiger partial charge in [-0.25, -0.2) is 0 Å². The maximum Gasteiger partial charge on any atom is 0.0599 e. The standard InChI is InChI=1S/C13H21N3O/c1-11-5-7-14-8-13(10-17)16(11)9-12-4-2-3-6-15-12/h2-4,6,11,13-14,17H,5,7-10H2,1H3. The molecule has 1 saturated heterocycles. The van der Waals surface area contributed by atoms with Gasteiger partial charge in [-0.05, 0) is 32.0 Å². The van der Waals surface area contributed by atoms with Crippen molar-refractivity contribution in [1.82, 2.24) is 15.2 Å². The van der Waals surface area contributed by atoms with Gasteiger partial charge in [-0.15, -0.1) is 0 Å². The molecule has 1 aromatic rings. The first kappa shape index (κ1) is 12.5. The SMILES string of the molecule is CC1CCNCC(CO)N1Cc1ccccn1. The monoisotopic (exact) mass is 235 g/mol. The Labute approximate surface area is 103 Å². The van der Waals surface area contributed by atoms with Gasteiger partial charge in [-0.3, -0.25) is 9.88 Å². The van der Waals surface area contributed by atoms with Crippen LogP contribution in [0.3, 0.4) is 0 Å². The summed E-state index contributed by atoms with van der Waals surface area (Å²) in [5.74, 6) is 0. The van der Waals surface area contributed by atoms with E-state index in [1.54, 1.807) is 0 Å². The van der Waals surface area contributed by atoms with Crippen LogP contribution in [0.25, 0.3) is 0 Å². The van der Waals surface area contributed by atoms with Crippen LogP contribution >= 0.6 is 0 Å². The summed E-state index contributed by atoms with van der Waals surface area (Å²) in [6, 6.07) is 6.65. The predicted octanol–water partition coefficient (Wildman–Crippen LogP) is 0.626. The zero-order valence-corrected chi connectivity index (χ0v) is 10.3. The van der Waals surface area contributed by atoms with Crippen molar-refractivity contribution in [2.24, 2.45) is 0 Å². The van der Waals surface area contributed by atoms with E-state index < -0.39 is 0 Å². The number of hydrogen-bond acceptors (Lipinski definition) is 4. The van der Waals surface area contributed by atoms with Crippen molar-refractivity contribution in [2.75, 3.05) is 19.7 Å². The first-order valence-electron chi connectivity index (χ1n) is 6.28. The Bertz CT molecular complexity index is 331. The molecule has 1 aliphatic rings. The molecule has 4 nitrogen and oxygen atoms in total. The number of hydrogen-bond donors (Lipinski definition) is 2. The van der Waals surface area contributed by atoms with E-state index in [-0.39, 0.29) is 12.6 Å². The summed E-state index contributed by atoms with van der Waals surface area (Å²) in [6.45, 7) is 5.11. The van der Waals surface area contributed by atoms with Crippen molar-refractivity contribution in [3.8, 4) is 0 Å². The first-order valence-corrected chi connectivity index (χ1v) is 6.28. The fraction of sp³-hybridized carbons (Fsp3) is 0.615. The van der Waals surface area contributed by atoms with Crippen molar-refractivity contribution >= 4 is 0 Å². The molecule has 2 N–H and O–H groups in total. The number of pyridine rings is 1. The van der Waals surface area contributed by atoms with E-state index in [0.29, 0.717) is 6.04 Å². The lowest BCUT2D eigenvalue weighted by Crippen LogP contribution is -2.45. The summed E-state index contributed by atoms with van der Waals surface area (Å²) in [5, 5.41) is 12.9. The molecule has 4 heteroatoms. The van der Waals surface area contributed by atoms with Gasteiger partial charge in [0.1, 0.15) is 0 Å². The lowest BCUT2D eigenvalue weighted by atomic mass is 10.1. The minimum absolute atomic E-state index is 0.189. The number of aliphatic hydroxyl groups is 1. The lowest BCUT2D eigenvalue weighted by Gasteiger charge is -2.32. The molecule has 1 fully saturated rings. The highest BCUT2D eigenvalue weighted by Gasteiger charge is 2.25. The topological polar surface area (TPSA) is 48.4 Å². The van der Waals surface area contributed by atoms with E-state index in [2.05, 4.69) is 22.1 Å². The highest BCUT2D eigenvalue weighted by atomic mass is 16.3. The largest absolute Gasteiger partial charge is 0.395 e. The van der Waals surface area contributed by atoms with Crippen LogP contribution in [0, 0.1) is 0 Å². The quantitative estimate of drug-likeness (QED) is 0.806. The summed E-state index contributed by atoms with van der Waals surface area (Å²) in [6.07, 6.45) is 2.94. The number of aromatic nitrogens is 1. The molecule has 0 aliphatic carbocycles. The third-order valence-corrected chi connectivity index (χ3v) is 3.44. The average molecular weight is 235 g/mol. The average Bonchev–Trinajstić information content (AvgIpc) is 2.54. The number of rotatable bonds is 3. The third kappa shape index (κ3) is 3.25. The molecule has 1 aliphatic heterocycles. The van der Waals surface area contributed by atoms with E-state index in [0.717, 1.165) is 31.7 Å². The molecule has 0 saturated carbocycles. The fourth-order valence-electron chi connectivity index (χ4n) is 2.36. The Balaban J connectivity index is 2.09. The van der Waals surface area contributed by atoms with E-state index in [9.17, 15) is 5.11 Å². The lowest BCUT2D eigenvalue weighted by molar-refractivity contribution is 0.0903. The highest BCUT2D eigenvalue weighted by Crippen LogP contribution is 2.15. The van der Waals surface area contributed by atoms with Crippen LogP contribution in [0.2, 0.25) is 0 Å². The maximum absolute atomic E-state index is 9.48. The van der Waals surface area contributed by atoms with Crippen molar-refractivity contribution < 1.29 is 5.11 Å². The predicted molar refractivity (Wildman–Crippen MR) is 67.6 cm³/mol. The zero-order chi connectivity index (χ0) is 12.1. The summed E-state index contributed by atoms with van der Waals surface area (Å²) in [4.78, 5) is 6.71. The van der Waals surface area contributed by atoms with Crippen LogP contribution in [0.4, 0.5) is 0 Å². The molecule has 2 rings (SSSR count). The van der Waals surface area contributed by atoms with Crippen LogP contribution in [-0.4, -0.2) is 46.8 Å². The summed E-state index contributed by atoms with van der Waals surface area (Å²) in [7, 11) is 0. The van der Waals surface area contributed by atoms with E-state index >= 15 is 0 Å². The molecule has 94 valence electrons. The molecular formula is C13H21N3O. The summed E-state index contributed by atoms with van der Waals surface area (Å²) in [5.41, 5.74) is 1.07. The molecule has 0 bridgehead atoms. The minimum atomic E-state index is 0.189. The summed E-state index contributed by atoms with van der Waals surface area (Å²) >= 11 is 0. The molecule has 2 atom stereocenters. The normalized spacial score (nSPS) is 26.7. The molecular weight excluding hydrogens is 214 g/mol. The second-order valence-electron chi connectivity index (χ2n) is 4.67. The molecule has 17 heavy (non-hydrogen) atoms. The Kier molecular flexibility index (Phi) is 4.48. The van der Waals surface area contributed by atoms with Crippen molar-refractivity contribution in [2.45, 2.75) is 32.0 Å². The van der Waals surface area contributed by atoms with Gasteiger partial charge in [-0.2, -0.15) is 0 Å². The number of aliphatic hydroxyl groups excluding tert-OH is 1. The zero-order valence-electron chi connectivity index (χ0n) is 10.3. The van der Waals surface area contributed by atoms with Gasteiger partial charge in [0.25, 0.3) is 0 Å². The molecule has 1 aromatic heterocycles. The third-order valence-electron chi connectivity index (χ3n) is 3.44. The molecule has 0 radical (unpaired) electrons. The van der Waals surface area contributed by atoms with E-state index in [1.807, 2.05) is 24.4 Å². The van der Waals surface area contributed by atoms with Crippen LogP contribution < -0.4 is 5.32 Å². The molecule has 0 aromatic carbocycles. The van der Waals surface area contributed by atoms with Crippen LogP contribution in [0.15, 0.2) is 24.4 Å². The highest BCUT2D eigenvalue weighted by molar-refractivity contribution is 5.04. The van der Waals surface area contributed by atoms with Crippen LogP contribution in [0.1, 0.15) is 19.0 Å². The molecule has 2 unspecified atom stereocenters. The van der Waals surface area contributed by atoms with Crippen LogP contribution in [0.5, 0.6) is 0 Å². The molecule has 0 amide bonds. The second-order valence-corrected chi connectivity index (χ2v) is 4.67. The van der Waals surface area contributed by atoms with Crippen molar-refractivity contribution in [3.63, 3.8) is 0 Å². The van der Waals surface area contributed by atoms with Gasteiger partial charge in [0.2, 0.25) is 0 Å². The molecule has 2 heterocycles. The van der Waals surface area contributed by atoms with Gasteiger partial charge >= 0.3 is 0 Å². The van der Waals surface area contributed by atoms with Gasteiger partial charge in [0.15, 0.2) is 0 Å². The Morgan fingerprint density at radius 2 is 2.41 bits per heavy atom. The van der Waals surface area contributed by atoms with Gasteiger partial charge < -0.3 is 10.4 Å². The first-order chi connectivity index (χ1) is 8.31. The van der Waals surface area contributed by atoms with Gasteiger partial charge in [0.05, 0.1) is 12.3 Å². The van der Waals surface area contributed by atoms with Crippen molar-refractivity contribution in [1.29, 1.82) is 0 Å². The van der Waals surface area contributed by atoms with Gasteiger partial charge in [0, 0.05) is 31.4 Å². The van der Waals surface area contributed by atoms with Crippen LogP contribution in [-0.2, 0) is 6.54 Å². The van der Waals surface area contributed by atoms with E-state index in [1.165, 1.54) is 0 Å². The Hall–Kier alpha value is -0.970. The van der Waals surface area contributed by atoms with E-state index in [4.69, 9.17) is 0 Å². The number of nitrogens with one attached hydrogen (secondary N) is 1. The summed E-state index contributed by atoms with van der Waals surface area (Å²) < 4.78 is 0. The minimum Gasteiger partial charge on any atom is -0.395 e. The van der Waals surface area contributed by atoms with Gasteiger partial charge in [-0.1, -0.05) is 6.07 Å². The second kappa shape index (κ2) is 6.10.